The summed E-state index contributed by atoms with van der Waals surface area (Å²) in [6.45, 7) is 6.33. The van der Waals surface area contributed by atoms with Crippen LogP contribution in [0.4, 0.5) is 0 Å². The molecule has 0 aliphatic carbocycles. The van der Waals surface area contributed by atoms with Crippen molar-refractivity contribution in [1.29, 1.82) is 0 Å². The van der Waals surface area contributed by atoms with Crippen molar-refractivity contribution in [3.63, 3.8) is 0 Å². The average molecular weight is 318 g/mol. The third-order valence-corrected chi connectivity index (χ3v) is 4.99. The fourth-order valence-corrected chi connectivity index (χ4v) is 4.08. The second-order valence-electron chi connectivity index (χ2n) is 5.48. The van der Waals surface area contributed by atoms with Crippen LogP contribution in [0, 0.1) is 11.6 Å². The Morgan fingerprint density at radius 2 is 2.14 bits per heavy atom. The molecule has 3 rings (SSSR count). The van der Waals surface area contributed by atoms with Crippen LogP contribution < -0.4 is 4.74 Å². The molecule has 2 heterocycles. The van der Waals surface area contributed by atoms with Gasteiger partial charge in [0.15, 0.2) is 6.10 Å². The van der Waals surface area contributed by atoms with Crippen molar-refractivity contribution in [3.05, 3.63) is 46.0 Å². The lowest BCUT2D eigenvalue weighted by Gasteiger charge is -2.25. The highest BCUT2D eigenvalue weighted by atomic mass is 32.2. The number of hydrogen-bond acceptors (Lipinski definition) is 4. The maximum atomic E-state index is 6.07. The largest absolute Gasteiger partial charge is 0.480 e. The van der Waals surface area contributed by atoms with Crippen molar-refractivity contribution < 1.29 is 4.74 Å². The first-order chi connectivity index (χ1) is 10.1. The number of H-pyrrole nitrogens is 1. The summed E-state index contributed by atoms with van der Waals surface area (Å²) in [7, 11) is 0. The Bertz CT molecular complexity index is 724. The quantitative estimate of drug-likeness (QED) is 0.807. The molecule has 3 nitrogen and oxygen atoms in total. The van der Waals surface area contributed by atoms with Crippen molar-refractivity contribution in [2.45, 2.75) is 37.7 Å². The molecule has 1 aliphatic rings. The van der Waals surface area contributed by atoms with E-state index >= 15 is 0 Å². The molecule has 1 N–H and O–H groups in total. The Hall–Kier alpha value is -1.33. The van der Waals surface area contributed by atoms with Crippen LogP contribution in [0.2, 0.25) is 0 Å². The van der Waals surface area contributed by atoms with E-state index in [0.717, 1.165) is 28.6 Å². The van der Waals surface area contributed by atoms with Gasteiger partial charge in [0.05, 0.1) is 0 Å². The molecule has 0 amide bonds. The summed E-state index contributed by atoms with van der Waals surface area (Å²) in [6.07, 6.45) is -0.0773. The summed E-state index contributed by atoms with van der Waals surface area (Å²) in [5.41, 5.74) is 2.21. The highest BCUT2D eigenvalue weighted by molar-refractivity contribution is 7.99. The normalized spacial score (nSPS) is 17.4. The average Bonchev–Trinajstić information content (AvgIpc) is 2.45. The minimum Gasteiger partial charge on any atom is -0.480 e. The third-order valence-electron chi connectivity index (χ3n) is 3.56. The van der Waals surface area contributed by atoms with Crippen LogP contribution in [-0.4, -0.2) is 15.7 Å². The second-order valence-corrected chi connectivity index (χ2v) is 6.93. The Kier molecular flexibility index (Phi) is 4.04. The molecule has 5 heteroatoms. The molecule has 110 valence electrons. The Morgan fingerprint density at radius 3 is 2.86 bits per heavy atom. The van der Waals surface area contributed by atoms with E-state index in [1.807, 2.05) is 18.2 Å². The van der Waals surface area contributed by atoms with Crippen LogP contribution in [0.3, 0.4) is 0 Å². The molecule has 0 saturated carbocycles. The van der Waals surface area contributed by atoms with Crippen LogP contribution in [-0.2, 0) is 0 Å². The number of fused-ring (bicyclic) bond motifs is 1. The van der Waals surface area contributed by atoms with Gasteiger partial charge in [-0.1, -0.05) is 38.2 Å². The van der Waals surface area contributed by atoms with Gasteiger partial charge in [-0.15, -0.1) is 11.8 Å². The van der Waals surface area contributed by atoms with Gasteiger partial charge in [0.25, 0.3) is 0 Å². The Labute approximate surface area is 134 Å². The van der Waals surface area contributed by atoms with E-state index in [1.165, 1.54) is 4.90 Å². The third kappa shape index (κ3) is 2.85. The maximum absolute atomic E-state index is 6.07. The van der Waals surface area contributed by atoms with E-state index in [-0.39, 0.29) is 6.10 Å². The summed E-state index contributed by atoms with van der Waals surface area (Å²) in [6, 6.07) is 8.10. The predicted octanol–water partition coefficient (Wildman–Crippen LogP) is 4.80. The number of nitrogens with zero attached hydrogens (tertiary/aromatic N) is 1. The number of thioether (sulfide) groups is 1. The minimum absolute atomic E-state index is 0.0773. The first-order valence-electron chi connectivity index (χ1n) is 7.05. The van der Waals surface area contributed by atoms with Gasteiger partial charge in [0.2, 0.25) is 0 Å². The maximum Gasteiger partial charge on any atom is 0.165 e. The van der Waals surface area contributed by atoms with Crippen LogP contribution in [0.15, 0.2) is 29.2 Å². The van der Waals surface area contributed by atoms with Gasteiger partial charge in [-0.05, 0) is 25.0 Å². The molecular formula is C16H18N2OS2. The zero-order chi connectivity index (χ0) is 15.0. The predicted molar refractivity (Wildman–Crippen MR) is 88.8 cm³/mol. The van der Waals surface area contributed by atoms with Gasteiger partial charge in [-0.2, -0.15) is 0 Å². The highest BCUT2D eigenvalue weighted by Gasteiger charge is 2.24. The van der Waals surface area contributed by atoms with E-state index < -0.39 is 0 Å². The van der Waals surface area contributed by atoms with Crippen molar-refractivity contribution in [1.82, 2.24) is 9.97 Å². The summed E-state index contributed by atoms with van der Waals surface area (Å²) >= 11 is 7.25. The molecule has 1 atom stereocenters. The van der Waals surface area contributed by atoms with E-state index in [0.29, 0.717) is 10.6 Å². The number of para-hydroxylation sites is 1. The first kappa shape index (κ1) is 14.6. The van der Waals surface area contributed by atoms with Gasteiger partial charge < -0.3 is 9.72 Å². The van der Waals surface area contributed by atoms with Crippen LogP contribution in [0.1, 0.15) is 43.0 Å². The van der Waals surface area contributed by atoms with Crippen molar-refractivity contribution >= 4 is 24.0 Å². The van der Waals surface area contributed by atoms with Crippen LogP contribution in [0.5, 0.6) is 5.75 Å². The van der Waals surface area contributed by atoms with E-state index in [4.69, 9.17) is 17.0 Å². The second kappa shape index (κ2) is 5.81. The van der Waals surface area contributed by atoms with E-state index in [2.05, 4.69) is 36.8 Å². The molecule has 1 unspecified atom stereocenters. The summed E-state index contributed by atoms with van der Waals surface area (Å²) in [5.74, 6) is 2.96. The number of hydrogen-bond donors (Lipinski definition) is 1. The number of ether oxygens (including phenoxy) is 1. The topological polar surface area (TPSA) is 37.9 Å². The minimum atomic E-state index is -0.0773. The summed E-state index contributed by atoms with van der Waals surface area (Å²) < 4.78 is 6.75. The fourth-order valence-electron chi connectivity index (χ4n) is 2.60. The van der Waals surface area contributed by atoms with Crippen molar-refractivity contribution in [2.75, 3.05) is 5.75 Å². The number of rotatable bonds is 2. The molecule has 0 fully saturated rings. The lowest BCUT2D eigenvalue weighted by Crippen LogP contribution is -2.19. The molecular weight excluding hydrogens is 300 g/mol. The smallest absolute Gasteiger partial charge is 0.165 e. The standard InChI is InChI=1S/C16H18N2OS2/c1-9(2)14-10(3)17-15(18-16(14)20)12-8-21-13-7-5-4-6-11(13)19-12/h4-7,9,12H,8H2,1-3H3,(H,17,18,20). The molecule has 1 aliphatic heterocycles. The fraction of sp³-hybridized carbons (Fsp3) is 0.375. The monoisotopic (exact) mass is 318 g/mol. The molecule has 0 saturated heterocycles. The van der Waals surface area contributed by atoms with Gasteiger partial charge >= 0.3 is 0 Å². The number of aromatic amines is 1. The summed E-state index contributed by atoms with van der Waals surface area (Å²) in [5, 5.41) is 0. The first-order valence-corrected chi connectivity index (χ1v) is 8.45. The Morgan fingerprint density at radius 1 is 1.38 bits per heavy atom. The van der Waals surface area contributed by atoms with Gasteiger partial charge in [-0.25, -0.2) is 4.98 Å². The molecule has 21 heavy (non-hydrogen) atoms. The summed E-state index contributed by atoms with van der Waals surface area (Å²) in [4.78, 5) is 9.14. The molecule has 1 aromatic heterocycles. The van der Waals surface area contributed by atoms with Crippen molar-refractivity contribution in [3.8, 4) is 5.75 Å². The molecule has 1 aromatic carbocycles. The van der Waals surface area contributed by atoms with E-state index in [9.17, 15) is 0 Å². The molecule has 2 aromatic rings. The lowest BCUT2D eigenvalue weighted by atomic mass is 10.0. The van der Waals surface area contributed by atoms with Crippen LogP contribution in [0.25, 0.3) is 0 Å². The van der Waals surface area contributed by atoms with E-state index in [1.54, 1.807) is 11.8 Å². The molecule has 0 radical (unpaired) electrons. The zero-order valence-corrected chi connectivity index (χ0v) is 14.0. The highest BCUT2D eigenvalue weighted by Crippen LogP contribution is 2.39. The SMILES string of the molecule is Cc1[nH]c(C2CSc3ccccc3O2)nc(=S)c1C(C)C. The van der Waals surface area contributed by atoms with Crippen LogP contribution >= 0.6 is 24.0 Å². The number of aromatic nitrogens is 2. The zero-order valence-electron chi connectivity index (χ0n) is 12.3. The lowest BCUT2D eigenvalue weighted by molar-refractivity contribution is 0.209. The number of aryl methyl sites for hydroxylation is 1. The van der Waals surface area contributed by atoms with Gasteiger partial charge in [-0.3, -0.25) is 0 Å². The number of benzene rings is 1. The van der Waals surface area contributed by atoms with Crippen molar-refractivity contribution in [2.24, 2.45) is 0 Å². The van der Waals surface area contributed by atoms with Gasteiger partial charge in [0, 0.05) is 21.9 Å². The van der Waals surface area contributed by atoms with Gasteiger partial charge in [0.1, 0.15) is 16.2 Å². The molecule has 0 bridgehead atoms. The Balaban J connectivity index is 1.94. The number of nitrogens with one attached hydrogen (secondary N) is 1. The molecule has 0 spiro atoms.